The molecule has 0 aliphatic heterocycles. The van der Waals surface area contributed by atoms with Crippen molar-refractivity contribution < 1.29 is 19.1 Å². The Hall–Kier alpha value is -2.44. The van der Waals surface area contributed by atoms with E-state index in [-0.39, 0.29) is 6.03 Å². The van der Waals surface area contributed by atoms with Crippen molar-refractivity contribution in [2.45, 2.75) is 32.9 Å². The molecule has 0 heterocycles. The first-order valence-electron chi connectivity index (χ1n) is 7.41. The van der Waals surface area contributed by atoms with E-state index in [9.17, 15) is 9.59 Å². The summed E-state index contributed by atoms with van der Waals surface area (Å²) in [6.07, 6.45) is -0.504. The molecule has 3 amide bonds. The molecule has 0 atom stereocenters. The van der Waals surface area contributed by atoms with Gasteiger partial charge in [-0.25, -0.2) is 9.59 Å². The van der Waals surface area contributed by atoms with Crippen LogP contribution in [-0.2, 0) is 11.3 Å². The lowest BCUT2D eigenvalue weighted by Crippen LogP contribution is -2.41. The molecule has 0 aromatic heterocycles. The number of carbonyl (C=O) groups is 2. The van der Waals surface area contributed by atoms with Crippen LogP contribution in [-0.4, -0.2) is 37.9 Å². The summed E-state index contributed by atoms with van der Waals surface area (Å²) in [5.74, 6) is 0.742. The predicted molar refractivity (Wildman–Crippen MR) is 87.5 cm³/mol. The fourth-order valence-electron chi connectivity index (χ4n) is 1.68. The summed E-state index contributed by atoms with van der Waals surface area (Å²) in [4.78, 5) is 23.0. The van der Waals surface area contributed by atoms with Crippen LogP contribution in [0.15, 0.2) is 24.3 Å². The minimum Gasteiger partial charge on any atom is -0.497 e. The van der Waals surface area contributed by atoms with Gasteiger partial charge in [-0.05, 0) is 38.5 Å². The minimum absolute atomic E-state index is 0.293. The molecule has 0 unspecified atom stereocenters. The summed E-state index contributed by atoms with van der Waals surface area (Å²) in [7, 11) is 1.59. The van der Waals surface area contributed by atoms with Gasteiger partial charge in [-0.15, -0.1) is 0 Å². The van der Waals surface area contributed by atoms with E-state index in [0.717, 1.165) is 11.3 Å². The van der Waals surface area contributed by atoms with E-state index >= 15 is 0 Å². The van der Waals surface area contributed by atoms with Gasteiger partial charge in [0, 0.05) is 19.6 Å². The summed E-state index contributed by atoms with van der Waals surface area (Å²) >= 11 is 0. The Morgan fingerprint density at radius 3 is 2.43 bits per heavy atom. The Morgan fingerprint density at radius 2 is 1.78 bits per heavy atom. The molecule has 1 aromatic rings. The minimum atomic E-state index is -0.536. The smallest absolute Gasteiger partial charge is 0.407 e. The van der Waals surface area contributed by atoms with Gasteiger partial charge in [0.1, 0.15) is 11.4 Å². The van der Waals surface area contributed by atoms with E-state index in [1.165, 1.54) is 0 Å². The van der Waals surface area contributed by atoms with E-state index < -0.39 is 11.7 Å². The molecular formula is C16H25N3O4. The van der Waals surface area contributed by atoms with Crippen molar-refractivity contribution in [1.82, 2.24) is 16.0 Å². The number of ether oxygens (including phenoxy) is 2. The van der Waals surface area contributed by atoms with Gasteiger partial charge in [0.25, 0.3) is 0 Å². The van der Waals surface area contributed by atoms with Crippen LogP contribution in [0, 0.1) is 0 Å². The third kappa shape index (κ3) is 8.55. The van der Waals surface area contributed by atoms with Gasteiger partial charge in [-0.2, -0.15) is 0 Å². The maximum atomic E-state index is 11.6. The van der Waals surface area contributed by atoms with Crippen molar-refractivity contribution >= 4 is 12.1 Å². The summed E-state index contributed by atoms with van der Waals surface area (Å²) in [6, 6.07) is 7.14. The first-order chi connectivity index (χ1) is 10.8. The van der Waals surface area contributed by atoms with Crippen LogP contribution in [0.2, 0.25) is 0 Å². The van der Waals surface area contributed by atoms with Crippen molar-refractivity contribution in [3.05, 3.63) is 29.8 Å². The number of rotatable bonds is 6. The van der Waals surface area contributed by atoms with Crippen molar-refractivity contribution in [3.8, 4) is 5.75 Å². The maximum Gasteiger partial charge on any atom is 0.407 e. The molecular weight excluding hydrogens is 298 g/mol. The first-order valence-corrected chi connectivity index (χ1v) is 7.41. The highest BCUT2D eigenvalue weighted by Crippen LogP contribution is 2.11. The Bertz CT molecular complexity index is 526. The van der Waals surface area contributed by atoms with Gasteiger partial charge < -0.3 is 25.4 Å². The summed E-state index contributed by atoms with van der Waals surface area (Å²) in [6.45, 7) is 6.36. The van der Waals surface area contributed by atoms with Crippen molar-refractivity contribution in [2.24, 2.45) is 0 Å². The third-order valence-electron chi connectivity index (χ3n) is 2.67. The van der Waals surface area contributed by atoms with Crippen molar-refractivity contribution in [3.63, 3.8) is 0 Å². The summed E-state index contributed by atoms with van der Waals surface area (Å²) in [5.41, 5.74) is 0.400. The molecule has 0 saturated carbocycles. The van der Waals surface area contributed by atoms with Gasteiger partial charge in [0.05, 0.1) is 7.11 Å². The van der Waals surface area contributed by atoms with E-state index in [0.29, 0.717) is 19.6 Å². The van der Waals surface area contributed by atoms with E-state index in [2.05, 4.69) is 16.0 Å². The van der Waals surface area contributed by atoms with Crippen LogP contribution in [0.3, 0.4) is 0 Å². The van der Waals surface area contributed by atoms with Crippen LogP contribution < -0.4 is 20.7 Å². The number of benzene rings is 1. The number of hydrogen-bond donors (Lipinski definition) is 3. The van der Waals surface area contributed by atoms with Crippen LogP contribution >= 0.6 is 0 Å². The standard InChI is InChI=1S/C16H25N3O4/c1-16(2,3)23-15(21)18-9-8-17-14(20)19-11-12-6-5-7-13(10-12)22-4/h5-7,10H,8-9,11H2,1-4H3,(H,18,21)(H2,17,19,20). The fraction of sp³-hybridized carbons (Fsp3) is 0.500. The Labute approximate surface area is 136 Å². The number of alkyl carbamates (subject to hydrolysis) is 1. The molecule has 0 radical (unpaired) electrons. The molecule has 0 bridgehead atoms. The van der Waals surface area contributed by atoms with Gasteiger partial charge in [0.2, 0.25) is 0 Å². The fourth-order valence-corrected chi connectivity index (χ4v) is 1.68. The molecule has 0 saturated heterocycles. The van der Waals surface area contributed by atoms with E-state index in [4.69, 9.17) is 9.47 Å². The lowest BCUT2D eigenvalue weighted by Gasteiger charge is -2.19. The molecule has 0 aliphatic carbocycles. The van der Waals surface area contributed by atoms with Crippen LogP contribution in [0.4, 0.5) is 9.59 Å². The number of carbonyl (C=O) groups excluding carboxylic acids is 2. The first kappa shape index (κ1) is 18.6. The van der Waals surface area contributed by atoms with Gasteiger partial charge in [0.15, 0.2) is 0 Å². The highest BCUT2D eigenvalue weighted by atomic mass is 16.6. The topological polar surface area (TPSA) is 88.7 Å². The van der Waals surface area contributed by atoms with Crippen LogP contribution in [0.25, 0.3) is 0 Å². The molecule has 1 aromatic carbocycles. The zero-order chi connectivity index (χ0) is 17.3. The zero-order valence-corrected chi connectivity index (χ0v) is 14.1. The second-order valence-electron chi connectivity index (χ2n) is 5.89. The number of amides is 3. The number of nitrogens with one attached hydrogen (secondary N) is 3. The van der Waals surface area contributed by atoms with Crippen LogP contribution in [0.5, 0.6) is 5.75 Å². The highest BCUT2D eigenvalue weighted by Gasteiger charge is 2.15. The number of urea groups is 1. The second kappa shape index (κ2) is 8.87. The zero-order valence-electron chi connectivity index (χ0n) is 14.1. The van der Waals surface area contributed by atoms with Gasteiger partial charge >= 0.3 is 12.1 Å². The molecule has 3 N–H and O–H groups in total. The van der Waals surface area contributed by atoms with Crippen molar-refractivity contribution in [1.29, 1.82) is 0 Å². The lowest BCUT2D eigenvalue weighted by molar-refractivity contribution is 0.0528. The molecule has 128 valence electrons. The average molecular weight is 323 g/mol. The van der Waals surface area contributed by atoms with E-state index in [1.807, 2.05) is 24.3 Å². The second-order valence-corrected chi connectivity index (χ2v) is 5.89. The number of methoxy groups -OCH3 is 1. The van der Waals surface area contributed by atoms with Gasteiger partial charge in [-0.1, -0.05) is 12.1 Å². The quantitative estimate of drug-likeness (QED) is 0.699. The molecule has 0 spiro atoms. The lowest BCUT2D eigenvalue weighted by atomic mass is 10.2. The number of hydrogen-bond acceptors (Lipinski definition) is 4. The van der Waals surface area contributed by atoms with Crippen LogP contribution in [0.1, 0.15) is 26.3 Å². The third-order valence-corrected chi connectivity index (χ3v) is 2.67. The average Bonchev–Trinajstić information content (AvgIpc) is 2.48. The Kier molecular flexibility index (Phi) is 7.18. The highest BCUT2D eigenvalue weighted by molar-refractivity contribution is 5.74. The molecule has 1 rings (SSSR count). The molecule has 7 nitrogen and oxygen atoms in total. The SMILES string of the molecule is COc1cccc(CNC(=O)NCCNC(=O)OC(C)(C)C)c1. The van der Waals surface area contributed by atoms with E-state index in [1.54, 1.807) is 27.9 Å². The normalized spacial score (nSPS) is 10.6. The molecule has 0 aliphatic rings. The molecule has 0 fully saturated rings. The molecule has 7 heteroatoms. The Morgan fingerprint density at radius 1 is 1.09 bits per heavy atom. The summed E-state index contributed by atoms with van der Waals surface area (Å²) < 4.78 is 10.2. The largest absolute Gasteiger partial charge is 0.497 e. The predicted octanol–water partition coefficient (Wildman–Crippen LogP) is 2.02. The van der Waals surface area contributed by atoms with Gasteiger partial charge in [-0.3, -0.25) is 0 Å². The van der Waals surface area contributed by atoms with Crippen molar-refractivity contribution in [2.75, 3.05) is 20.2 Å². The Balaban J connectivity index is 2.18. The summed E-state index contributed by atoms with van der Waals surface area (Å²) in [5, 5.41) is 7.94. The maximum absolute atomic E-state index is 11.6. The molecule has 23 heavy (non-hydrogen) atoms. The monoisotopic (exact) mass is 323 g/mol.